The Morgan fingerprint density at radius 1 is 1.04 bits per heavy atom. The van der Waals surface area contributed by atoms with Gasteiger partial charge in [-0.2, -0.15) is 0 Å². The Labute approximate surface area is 150 Å². The van der Waals surface area contributed by atoms with E-state index in [-0.39, 0.29) is 12.5 Å². The lowest BCUT2D eigenvalue weighted by atomic mass is 9.98. The smallest absolute Gasteiger partial charge is 0.323 e. The van der Waals surface area contributed by atoms with Gasteiger partial charge >= 0.3 is 5.97 Å². The third-order valence-electron chi connectivity index (χ3n) is 4.05. The van der Waals surface area contributed by atoms with Crippen LogP contribution in [0.5, 0.6) is 0 Å². The van der Waals surface area contributed by atoms with Crippen molar-refractivity contribution in [1.29, 1.82) is 0 Å². The van der Waals surface area contributed by atoms with Crippen molar-refractivity contribution in [2.75, 3.05) is 13.6 Å². The van der Waals surface area contributed by atoms with E-state index in [1.165, 1.54) is 7.05 Å². The lowest BCUT2D eigenvalue weighted by molar-refractivity contribution is -0.137. The Kier molecular flexibility index (Phi) is 4.84. The highest BCUT2D eigenvalue weighted by atomic mass is 16.5. The zero-order valence-electron chi connectivity index (χ0n) is 14.5. The average molecular weight is 350 g/mol. The minimum Gasteiger partial charge on any atom is -0.480 e. The van der Waals surface area contributed by atoms with E-state index in [2.05, 4.69) is 5.16 Å². The van der Waals surface area contributed by atoms with Crippen molar-refractivity contribution >= 4 is 11.9 Å². The largest absolute Gasteiger partial charge is 0.480 e. The number of benzene rings is 2. The van der Waals surface area contributed by atoms with Gasteiger partial charge in [0.1, 0.15) is 18.0 Å². The molecule has 1 heterocycles. The molecule has 0 fully saturated rings. The van der Waals surface area contributed by atoms with Gasteiger partial charge in [-0.25, -0.2) is 0 Å². The first-order chi connectivity index (χ1) is 12.5. The standard InChI is InChI=1S/C20H18N2O4/c1-13-18(19(21-26-13)15-6-4-3-5-7-15)14-8-10-16(11-9-14)20(25)22(2)12-17(23)24/h3-11H,12H2,1-2H3,(H,23,24). The van der Waals surface area contributed by atoms with E-state index in [9.17, 15) is 9.59 Å². The highest BCUT2D eigenvalue weighted by Gasteiger charge is 2.18. The molecule has 6 nitrogen and oxygen atoms in total. The fraction of sp³-hybridized carbons (Fsp3) is 0.150. The molecule has 3 aromatic rings. The zero-order valence-corrected chi connectivity index (χ0v) is 14.5. The van der Waals surface area contributed by atoms with Gasteiger partial charge in [0.15, 0.2) is 0 Å². The topological polar surface area (TPSA) is 83.6 Å². The van der Waals surface area contributed by atoms with Crippen LogP contribution in [-0.4, -0.2) is 40.6 Å². The zero-order chi connectivity index (χ0) is 18.7. The van der Waals surface area contributed by atoms with Gasteiger partial charge in [-0.05, 0) is 24.6 Å². The molecular formula is C20H18N2O4. The van der Waals surface area contributed by atoms with Crippen molar-refractivity contribution < 1.29 is 19.2 Å². The van der Waals surface area contributed by atoms with Crippen molar-refractivity contribution in [2.24, 2.45) is 0 Å². The number of carboxylic acid groups (broad SMARTS) is 1. The first kappa shape index (κ1) is 17.4. The van der Waals surface area contributed by atoms with E-state index in [1.807, 2.05) is 49.4 Å². The Bertz CT molecular complexity index is 930. The van der Waals surface area contributed by atoms with Gasteiger partial charge in [0.25, 0.3) is 5.91 Å². The van der Waals surface area contributed by atoms with Crippen LogP contribution in [0, 0.1) is 6.92 Å². The number of aliphatic carboxylic acids is 1. The van der Waals surface area contributed by atoms with Crippen molar-refractivity contribution in [3.63, 3.8) is 0 Å². The van der Waals surface area contributed by atoms with Crippen LogP contribution in [0.4, 0.5) is 0 Å². The summed E-state index contributed by atoms with van der Waals surface area (Å²) in [7, 11) is 1.46. The monoisotopic (exact) mass is 350 g/mol. The number of aromatic nitrogens is 1. The molecule has 0 atom stereocenters. The molecule has 1 N–H and O–H groups in total. The fourth-order valence-electron chi connectivity index (χ4n) is 2.78. The average Bonchev–Trinajstić information content (AvgIpc) is 3.03. The Morgan fingerprint density at radius 2 is 1.69 bits per heavy atom. The molecule has 6 heteroatoms. The van der Waals surface area contributed by atoms with E-state index in [0.717, 1.165) is 27.3 Å². The van der Waals surface area contributed by atoms with Gasteiger partial charge in [0.2, 0.25) is 0 Å². The third kappa shape index (κ3) is 3.49. The highest BCUT2D eigenvalue weighted by Crippen LogP contribution is 2.34. The first-order valence-electron chi connectivity index (χ1n) is 8.06. The Morgan fingerprint density at radius 3 is 2.31 bits per heavy atom. The van der Waals surface area contributed by atoms with Crippen LogP contribution in [0.3, 0.4) is 0 Å². The molecule has 26 heavy (non-hydrogen) atoms. The van der Waals surface area contributed by atoms with Crippen LogP contribution in [-0.2, 0) is 4.79 Å². The van der Waals surface area contributed by atoms with Crippen LogP contribution < -0.4 is 0 Å². The molecule has 2 aromatic carbocycles. The van der Waals surface area contributed by atoms with Gasteiger partial charge in [-0.1, -0.05) is 47.6 Å². The van der Waals surface area contributed by atoms with Gasteiger partial charge in [0.05, 0.1) is 5.56 Å². The SMILES string of the molecule is Cc1onc(-c2ccccc2)c1-c1ccc(C(=O)N(C)CC(=O)O)cc1. The Hall–Kier alpha value is -3.41. The molecule has 0 saturated carbocycles. The van der Waals surface area contributed by atoms with E-state index in [0.29, 0.717) is 11.3 Å². The Balaban J connectivity index is 1.92. The van der Waals surface area contributed by atoms with Crippen molar-refractivity contribution in [3.05, 3.63) is 65.9 Å². The van der Waals surface area contributed by atoms with Crippen LogP contribution in [0.1, 0.15) is 16.1 Å². The number of nitrogens with zero attached hydrogens (tertiary/aromatic N) is 2. The van der Waals surface area contributed by atoms with Gasteiger partial charge in [0, 0.05) is 18.2 Å². The number of amides is 1. The number of rotatable bonds is 5. The maximum absolute atomic E-state index is 12.3. The molecular weight excluding hydrogens is 332 g/mol. The van der Waals surface area contributed by atoms with E-state index < -0.39 is 5.97 Å². The summed E-state index contributed by atoms with van der Waals surface area (Å²) in [5, 5.41) is 13.0. The second-order valence-electron chi connectivity index (χ2n) is 5.96. The van der Waals surface area contributed by atoms with Crippen LogP contribution >= 0.6 is 0 Å². The van der Waals surface area contributed by atoms with E-state index >= 15 is 0 Å². The lowest BCUT2D eigenvalue weighted by Gasteiger charge is -2.14. The van der Waals surface area contributed by atoms with E-state index in [1.54, 1.807) is 12.1 Å². The molecule has 1 amide bonds. The minimum absolute atomic E-state index is 0.343. The molecule has 3 rings (SSSR count). The van der Waals surface area contributed by atoms with Crippen molar-refractivity contribution in [3.8, 4) is 22.4 Å². The second-order valence-corrected chi connectivity index (χ2v) is 5.96. The number of hydrogen-bond acceptors (Lipinski definition) is 4. The maximum Gasteiger partial charge on any atom is 0.323 e. The summed E-state index contributed by atoms with van der Waals surface area (Å²) < 4.78 is 5.37. The summed E-state index contributed by atoms with van der Waals surface area (Å²) in [5.74, 6) is -0.708. The van der Waals surface area contributed by atoms with Crippen LogP contribution in [0.25, 0.3) is 22.4 Å². The number of hydrogen-bond donors (Lipinski definition) is 1. The third-order valence-corrected chi connectivity index (χ3v) is 4.05. The highest BCUT2D eigenvalue weighted by molar-refractivity contribution is 5.96. The van der Waals surface area contributed by atoms with Crippen LogP contribution in [0.15, 0.2) is 59.1 Å². The number of carboxylic acids is 1. The number of aryl methyl sites for hydroxylation is 1. The predicted molar refractivity (Wildman–Crippen MR) is 96.7 cm³/mol. The number of carbonyl (C=O) groups excluding carboxylic acids is 1. The number of carbonyl (C=O) groups is 2. The van der Waals surface area contributed by atoms with Gasteiger partial charge in [-0.3, -0.25) is 9.59 Å². The normalized spacial score (nSPS) is 10.5. The summed E-state index contributed by atoms with van der Waals surface area (Å²) in [6, 6.07) is 16.7. The molecule has 0 aliphatic heterocycles. The second kappa shape index (κ2) is 7.23. The molecule has 132 valence electrons. The summed E-state index contributed by atoms with van der Waals surface area (Å²) in [4.78, 5) is 24.2. The van der Waals surface area contributed by atoms with E-state index in [4.69, 9.17) is 9.63 Å². The predicted octanol–water partition coefficient (Wildman–Crippen LogP) is 3.47. The van der Waals surface area contributed by atoms with Crippen molar-refractivity contribution in [2.45, 2.75) is 6.92 Å². The summed E-state index contributed by atoms with van der Waals surface area (Å²) in [6.45, 7) is 1.50. The van der Waals surface area contributed by atoms with Gasteiger partial charge in [-0.15, -0.1) is 0 Å². The maximum atomic E-state index is 12.3. The lowest BCUT2D eigenvalue weighted by Crippen LogP contribution is -2.31. The molecule has 0 saturated heterocycles. The molecule has 0 aliphatic carbocycles. The fourth-order valence-corrected chi connectivity index (χ4v) is 2.78. The van der Waals surface area contributed by atoms with Crippen molar-refractivity contribution in [1.82, 2.24) is 10.1 Å². The summed E-state index contributed by atoms with van der Waals surface area (Å²) in [5.41, 5.74) is 3.85. The molecule has 0 bridgehead atoms. The summed E-state index contributed by atoms with van der Waals surface area (Å²) >= 11 is 0. The first-order valence-corrected chi connectivity index (χ1v) is 8.06. The summed E-state index contributed by atoms with van der Waals surface area (Å²) in [6.07, 6.45) is 0. The quantitative estimate of drug-likeness (QED) is 0.762. The minimum atomic E-state index is -1.05. The molecule has 1 aromatic heterocycles. The molecule has 0 unspecified atom stereocenters. The number of likely N-dealkylation sites (N-methyl/N-ethyl adjacent to an activating group) is 1. The van der Waals surface area contributed by atoms with Gasteiger partial charge < -0.3 is 14.5 Å². The molecule has 0 aliphatic rings. The molecule has 0 radical (unpaired) electrons. The molecule has 0 spiro atoms. The van der Waals surface area contributed by atoms with Crippen LogP contribution in [0.2, 0.25) is 0 Å².